The summed E-state index contributed by atoms with van der Waals surface area (Å²) in [7, 11) is 0. The molecule has 0 saturated carbocycles. The van der Waals surface area contributed by atoms with E-state index in [0.717, 1.165) is 12.8 Å². The first-order chi connectivity index (χ1) is 11.7. The van der Waals surface area contributed by atoms with E-state index in [0.29, 0.717) is 24.2 Å². The summed E-state index contributed by atoms with van der Waals surface area (Å²) in [4.78, 5) is 0. The number of ether oxygens (including phenoxy) is 1. The normalized spacial score (nSPS) is 24.8. The van der Waals surface area contributed by atoms with E-state index in [2.05, 4.69) is 13.0 Å². The molecule has 1 N–H and O–H groups in total. The average Bonchev–Trinajstić information content (AvgIpc) is 2.51. The van der Waals surface area contributed by atoms with Crippen molar-refractivity contribution in [3.8, 4) is 11.5 Å². The molecular weight excluding hydrogens is 322 g/mol. The van der Waals surface area contributed by atoms with Gasteiger partial charge in [-0.3, -0.25) is 0 Å². The van der Waals surface area contributed by atoms with E-state index in [1.807, 2.05) is 20.8 Å². The van der Waals surface area contributed by atoms with Crippen molar-refractivity contribution >= 4 is 0 Å². The Balaban J connectivity index is 2.08. The van der Waals surface area contributed by atoms with Gasteiger partial charge < -0.3 is 9.84 Å². The zero-order chi connectivity index (χ0) is 18.4. The van der Waals surface area contributed by atoms with Gasteiger partial charge in [-0.2, -0.15) is 0 Å². The lowest BCUT2D eigenvalue weighted by Crippen LogP contribution is -2.45. The van der Waals surface area contributed by atoms with Gasteiger partial charge in [0.1, 0.15) is 17.1 Å². The third kappa shape index (κ3) is 3.28. The van der Waals surface area contributed by atoms with Crippen molar-refractivity contribution in [3.63, 3.8) is 0 Å². The molecule has 0 fully saturated rings. The largest absolute Gasteiger partial charge is 0.507 e. The Morgan fingerprint density at radius 2 is 2.04 bits per heavy atom. The van der Waals surface area contributed by atoms with Crippen LogP contribution in [-0.2, 0) is 5.92 Å². The molecule has 0 spiro atoms. The summed E-state index contributed by atoms with van der Waals surface area (Å²) in [6.07, 6.45) is 5.11. The fourth-order valence-corrected chi connectivity index (χ4v) is 4.28. The van der Waals surface area contributed by atoms with E-state index >= 15 is 0 Å². The third-order valence-electron chi connectivity index (χ3n) is 5.73. The molecule has 0 radical (unpaired) electrons. The number of unbranched alkanes of at least 4 members (excludes halogenated alkanes) is 1. The van der Waals surface area contributed by atoms with Crippen molar-refractivity contribution in [1.82, 2.24) is 0 Å². The van der Waals surface area contributed by atoms with Crippen molar-refractivity contribution in [2.45, 2.75) is 77.2 Å². The molecular formula is C21H28F2O2. The number of hydrogen-bond acceptors (Lipinski definition) is 2. The molecule has 1 aliphatic carbocycles. The summed E-state index contributed by atoms with van der Waals surface area (Å²) >= 11 is 0. The van der Waals surface area contributed by atoms with Gasteiger partial charge in [0, 0.05) is 29.4 Å². The maximum Gasteiger partial charge on any atom is 0.273 e. The second-order valence-corrected chi connectivity index (χ2v) is 8.10. The molecule has 0 amide bonds. The van der Waals surface area contributed by atoms with Crippen LogP contribution in [-0.4, -0.2) is 10.7 Å². The van der Waals surface area contributed by atoms with Crippen molar-refractivity contribution in [3.05, 3.63) is 34.9 Å². The number of alkyl halides is 2. The summed E-state index contributed by atoms with van der Waals surface area (Å²) in [6, 6.07) is 2.69. The lowest BCUT2D eigenvalue weighted by atomic mass is 9.68. The van der Waals surface area contributed by atoms with Gasteiger partial charge in [0.15, 0.2) is 0 Å². The molecule has 1 aliphatic heterocycles. The van der Waals surface area contributed by atoms with E-state index in [-0.39, 0.29) is 29.6 Å². The zero-order valence-electron chi connectivity index (χ0n) is 15.5. The van der Waals surface area contributed by atoms with Crippen LogP contribution < -0.4 is 4.74 Å². The number of rotatable bonds is 4. The van der Waals surface area contributed by atoms with Crippen molar-refractivity contribution in [1.29, 1.82) is 0 Å². The van der Waals surface area contributed by atoms with Gasteiger partial charge >= 0.3 is 0 Å². The lowest BCUT2D eigenvalue weighted by Gasteiger charge is -2.46. The summed E-state index contributed by atoms with van der Waals surface area (Å²) in [6.45, 7) is 8.01. The molecule has 0 saturated heterocycles. The van der Waals surface area contributed by atoms with E-state index in [9.17, 15) is 13.9 Å². The molecule has 1 aromatic rings. The molecule has 25 heavy (non-hydrogen) atoms. The van der Waals surface area contributed by atoms with Crippen LogP contribution in [0.2, 0.25) is 0 Å². The smallest absolute Gasteiger partial charge is 0.273 e. The van der Waals surface area contributed by atoms with Crippen LogP contribution in [0, 0.1) is 5.92 Å². The number of phenols is 1. The molecule has 0 bridgehead atoms. The topological polar surface area (TPSA) is 29.5 Å². The highest BCUT2D eigenvalue weighted by molar-refractivity contribution is 5.54. The van der Waals surface area contributed by atoms with Crippen LogP contribution >= 0.6 is 0 Å². The summed E-state index contributed by atoms with van der Waals surface area (Å²) in [5.74, 6) is -2.36. The Labute approximate surface area is 148 Å². The minimum Gasteiger partial charge on any atom is -0.507 e. The summed E-state index contributed by atoms with van der Waals surface area (Å²) in [5, 5.41) is 10.6. The third-order valence-corrected chi connectivity index (χ3v) is 5.73. The minimum absolute atomic E-state index is 0.0193. The second-order valence-electron chi connectivity index (χ2n) is 8.10. The van der Waals surface area contributed by atoms with Gasteiger partial charge in [-0.15, -0.1) is 0 Å². The summed E-state index contributed by atoms with van der Waals surface area (Å²) < 4.78 is 35.1. The zero-order valence-corrected chi connectivity index (χ0v) is 15.5. The number of allylic oxidation sites excluding steroid dienone is 2. The van der Waals surface area contributed by atoms with E-state index < -0.39 is 11.5 Å². The number of fused-ring (bicyclic) bond motifs is 3. The van der Waals surface area contributed by atoms with Gasteiger partial charge in [-0.25, -0.2) is 8.78 Å². The summed E-state index contributed by atoms with van der Waals surface area (Å²) in [5.41, 5.74) is 1.35. The molecule has 2 aliphatic rings. The van der Waals surface area contributed by atoms with Crippen molar-refractivity contribution in [2.75, 3.05) is 0 Å². The minimum atomic E-state index is -2.95. The van der Waals surface area contributed by atoms with Crippen LogP contribution in [0.15, 0.2) is 23.8 Å². The average molecular weight is 350 g/mol. The Morgan fingerprint density at radius 3 is 2.72 bits per heavy atom. The molecule has 1 aromatic carbocycles. The number of halogens is 2. The van der Waals surface area contributed by atoms with Crippen molar-refractivity contribution in [2.24, 2.45) is 5.92 Å². The lowest BCUT2D eigenvalue weighted by molar-refractivity contribution is -0.0181. The first-order valence-corrected chi connectivity index (χ1v) is 9.27. The van der Waals surface area contributed by atoms with Crippen molar-refractivity contribution < 1.29 is 18.6 Å². The second kappa shape index (κ2) is 6.30. The maximum atomic E-state index is 14.5. The van der Waals surface area contributed by atoms with Gasteiger partial charge in [-0.1, -0.05) is 25.0 Å². The van der Waals surface area contributed by atoms with Crippen LogP contribution in [0.4, 0.5) is 8.78 Å². The molecule has 2 atom stereocenters. The Morgan fingerprint density at radius 1 is 1.32 bits per heavy atom. The van der Waals surface area contributed by atoms with Gasteiger partial charge in [0.05, 0.1) is 0 Å². The number of hydrogen-bond donors (Lipinski definition) is 1. The van der Waals surface area contributed by atoms with Gasteiger partial charge in [0.25, 0.3) is 5.92 Å². The monoisotopic (exact) mass is 350 g/mol. The van der Waals surface area contributed by atoms with Crippen LogP contribution in [0.5, 0.6) is 11.5 Å². The first-order valence-electron chi connectivity index (χ1n) is 9.27. The molecule has 2 nitrogen and oxygen atoms in total. The quantitative estimate of drug-likeness (QED) is 0.647. The van der Waals surface area contributed by atoms with Crippen LogP contribution in [0.3, 0.4) is 0 Å². The number of aromatic hydroxyl groups is 1. The highest BCUT2D eigenvalue weighted by Gasteiger charge is 2.46. The predicted octanol–water partition coefficient (Wildman–Crippen LogP) is 6.29. The molecule has 3 rings (SSSR count). The van der Waals surface area contributed by atoms with Gasteiger partial charge in [-0.05, 0) is 52.2 Å². The maximum absolute atomic E-state index is 14.5. The Hall–Kier alpha value is -1.58. The first kappa shape index (κ1) is 18.2. The van der Waals surface area contributed by atoms with E-state index in [1.165, 1.54) is 17.7 Å². The van der Waals surface area contributed by atoms with Crippen LogP contribution in [0.1, 0.15) is 76.8 Å². The van der Waals surface area contributed by atoms with Gasteiger partial charge in [0.2, 0.25) is 0 Å². The fourth-order valence-electron chi connectivity index (χ4n) is 4.28. The molecule has 1 heterocycles. The van der Waals surface area contributed by atoms with E-state index in [4.69, 9.17) is 4.74 Å². The Kier molecular flexibility index (Phi) is 4.59. The SMILES string of the molecule is CCCCC(F)(F)c1cc(O)c2c(c1)OC(C)(C)[C@@H]1CCC(C)=CC21. The van der Waals surface area contributed by atoms with E-state index in [1.54, 1.807) is 0 Å². The predicted molar refractivity (Wildman–Crippen MR) is 95.5 cm³/mol. The fraction of sp³-hybridized carbons (Fsp3) is 0.619. The molecule has 0 aromatic heterocycles. The Bertz CT molecular complexity index is 691. The number of phenolic OH excluding ortho intramolecular Hbond substituents is 1. The molecule has 1 unspecified atom stereocenters. The molecule has 4 heteroatoms. The number of benzene rings is 1. The van der Waals surface area contributed by atoms with Crippen LogP contribution in [0.25, 0.3) is 0 Å². The molecule has 138 valence electrons. The standard InChI is InChI=1S/C21H28F2O2/c1-5-6-9-21(22,23)14-11-17(24)19-15-10-13(2)7-8-16(15)20(3,4)25-18(19)12-14/h10-12,15-16,24H,5-9H2,1-4H3/t15?,16-/m1/s1. The highest BCUT2D eigenvalue weighted by Crippen LogP contribution is 2.54. The highest BCUT2D eigenvalue weighted by atomic mass is 19.3.